The number of hydrogen-bond acceptors (Lipinski definition) is 6. The van der Waals surface area contributed by atoms with E-state index >= 15 is 0 Å². The van der Waals surface area contributed by atoms with Crippen LogP contribution in [-0.2, 0) is 25.6 Å². The van der Waals surface area contributed by atoms with Crippen LogP contribution in [0.2, 0.25) is 5.02 Å². The van der Waals surface area contributed by atoms with E-state index in [1.165, 1.54) is 13.0 Å². The molecule has 0 aromatic heterocycles. The zero-order valence-electron chi connectivity index (χ0n) is 14.8. The lowest BCUT2D eigenvalue weighted by molar-refractivity contribution is -0.163. The maximum atomic E-state index is 12.9. The first-order valence-corrected chi connectivity index (χ1v) is 8.67. The van der Waals surface area contributed by atoms with E-state index in [1.807, 2.05) is 0 Å². The lowest BCUT2D eigenvalue weighted by Gasteiger charge is -2.20. The quantitative estimate of drug-likeness (QED) is 0.441. The summed E-state index contributed by atoms with van der Waals surface area (Å²) in [6.45, 7) is 5.10. The largest absolute Gasteiger partial charge is 0.465 e. The molecule has 0 fully saturated rings. The van der Waals surface area contributed by atoms with Crippen molar-refractivity contribution >= 4 is 35.2 Å². The van der Waals surface area contributed by atoms with Crippen LogP contribution in [0.3, 0.4) is 0 Å². The molecule has 7 nitrogen and oxygen atoms in total. The topological polar surface area (TPSA) is 98.8 Å². The zero-order valence-corrected chi connectivity index (χ0v) is 15.5. The molecule has 1 heterocycles. The number of Topliss-reactive ketones (excluding diaryl/α,β-unsaturated/α-hetero) is 1. The van der Waals surface area contributed by atoms with Crippen LogP contribution < -0.4 is 5.32 Å². The number of hydrogen-bond donors (Lipinski definition) is 1. The first kappa shape index (κ1) is 19.9. The van der Waals surface area contributed by atoms with Crippen LogP contribution in [0.5, 0.6) is 0 Å². The molecule has 0 spiro atoms. The smallest absolute Gasteiger partial charge is 0.321 e. The molecular formula is C18H20ClNO6. The van der Waals surface area contributed by atoms with Gasteiger partial charge >= 0.3 is 11.9 Å². The van der Waals surface area contributed by atoms with Gasteiger partial charge in [0.05, 0.1) is 23.8 Å². The minimum Gasteiger partial charge on any atom is -0.465 e. The van der Waals surface area contributed by atoms with E-state index in [2.05, 4.69) is 5.32 Å². The van der Waals surface area contributed by atoms with Crippen molar-refractivity contribution in [1.82, 2.24) is 5.32 Å². The molecule has 1 amide bonds. The average molecular weight is 382 g/mol. The predicted molar refractivity (Wildman–Crippen MR) is 92.9 cm³/mol. The number of esters is 2. The van der Waals surface area contributed by atoms with Gasteiger partial charge in [0.1, 0.15) is 0 Å². The Morgan fingerprint density at radius 2 is 1.73 bits per heavy atom. The molecule has 2 rings (SSSR count). The fraction of sp³-hybridized carbons (Fsp3) is 0.444. The third-order valence-corrected chi connectivity index (χ3v) is 4.42. The van der Waals surface area contributed by atoms with Gasteiger partial charge < -0.3 is 14.8 Å². The summed E-state index contributed by atoms with van der Waals surface area (Å²) in [6.07, 6.45) is 0. The number of carbonyl (C=O) groups is 4. The summed E-state index contributed by atoms with van der Waals surface area (Å²) in [4.78, 5) is 48.9. The van der Waals surface area contributed by atoms with E-state index in [0.717, 1.165) is 0 Å². The van der Waals surface area contributed by atoms with Gasteiger partial charge in [0, 0.05) is 18.0 Å². The molecule has 0 aliphatic carbocycles. The maximum absolute atomic E-state index is 12.9. The first-order valence-electron chi connectivity index (χ1n) is 8.29. The Hall–Kier alpha value is -2.41. The van der Waals surface area contributed by atoms with Crippen molar-refractivity contribution < 1.29 is 28.7 Å². The molecule has 1 aliphatic rings. The Morgan fingerprint density at radius 1 is 1.15 bits per heavy atom. The molecule has 1 aliphatic heterocycles. The van der Waals surface area contributed by atoms with E-state index in [-0.39, 0.29) is 36.3 Å². The van der Waals surface area contributed by atoms with Crippen molar-refractivity contribution in [2.24, 2.45) is 11.8 Å². The van der Waals surface area contributed by atoms with Crippen LogP contribution in [0.4, 0.5) is 0 Å². The second kappa shape index (κ2) is 8.31. The number of rotatable bonds is 7. The van der Waals surface area contributed by atoms with E-state index in [0.29, 0.717) is 11.1 Å². The SMILES string of the molecule is CCOC(=O)C(C(=O)OCC)C(C)C(=O)c1cc(Cl)c2c(c1)CNC2=O. The van der Waals surface area contributed by atoms with Crippen LogP contribution in [0.25, 0.3) is 0 Å². The number of ketones is 1. The van der Waals surface area contributed by atoms with E-state index in [4.69, 9.17) is 21.1 Å². The summed E-state index contributed by atoms with van der Waals surface area (Å²) < 4.78 is 9.84. The highest BCUT2D eigenvalue weighted by atomic mass is 35.5. The standard InChI is InChI=1S/C18H20ClNO6/c1-4-25-17(23)13(18(24)26-5-2)9(3)15(21)10-6-11-8-20-16(22)14(11)12(19)7-10/h6-7,9,13H,4-5,8H2,1-3H3,(H,20,22). The Bertz CT molecular complexity index is 742. The van der Waals surface area contributed by atoms with E-state index in [1.54, 1.807) is 19.9 Å². The number of nitrogens with one attached hydrogen (secondary N) is 1. The van der Waals surface area contributed by atoms with Crippen LogP contribution in [0, 0.1) is 11.8 Å². The van der Waals surface area contributed by atoms with Gasteiger partial charge in [-0.1, -0.05) is 18.5 Å². The van der Waals surface area contributed by atoms with Gasteiger partial charge in [-0.2, -0.15) is 0 Å². The summed E-state index contributed by atoms with van der Waals surface area (Å²) >= 11 is 6.13. The third kappa shape index (κ3) is 3.88. The molecule has 1 atom stereocenters. The average Bonchev–Trinajstić information content (AvgIpc) is 2.96. The highest BCUT2D eigenvalue weighted by Gasteiger charge is 2.39. The van der Waals surface area contributed by atoms with Gasteiger partial charge in [0.2, 0.25) is 0 Å². The number of benzene rings is 1. The summed E-state index contributed by atoms with van der Waals surface area (Å²) in [5.41, 5.74) is 1.15. The summed E-state index contributed by atoms with van der Waals surface area (Å²) in [7, 11) is 0. The van der Waals surface area contributed by atoms with Crippen molar-refractivity contribution in [3.8, 4) is 0 Å². The second-order valence-corrected chi connectivity index (χ2v) is 6.22. The Balaban J connectivity index is 2.34. The molecular weight excluding hydrogens is 362 g/mol. The molecule has 0 radical (unpaired) electrons. The third-order valence-electron chi connectivity index (χ3n) is 4.12. The lowest BCUT2D eigenvalue weighted by atomic mass is 9.86. The van der Waals surface area contributed by atoms with Crippen molar-refractivity contribution in [3.63, 3.8) is 0 Å². The number of fused-ring (bicyclic) bond motifs is 1. The fourth-order valence-electron chi connectivity index (χ4n) is 2.85. The molecule has 140 valence electrons. The second-order valence-electron chi connectivity index (χ2n) is 5.81. The number of halogens is 1. The van der Waals surface area contributed by atoms with Crippen molar-refractivity contribution in [2.45, 2.75) is 27.3 Å². The molecule has 0 saturated carbocycles. The number of amides is 1. The van der Waals surface area contributed by atoms with E-state index in [9.17, 15) is 19.2 Å². The van der Waals surface area contributed by atoms with Gasteiger partial charge in [0.15, 0.2) is 11.7 Å². The zero-order chi connectivity index (χ0) is 19.4. The summed E-state index contributed by atoms with van der Waals surface area (Å²) in [5.74, 6) is -4.75. The molecule has 26 heavy (non-hydrogen) atoms. The molecule has 1 unspecified atom stereocenters. The summed E-state index contributed by atoms with van der Waals surface area (Å²) in [5, 5.41) is 2.78. The monoisotopic (exact) mass is 381 g/mol. The van der Waals surface area contributed by atoms with Gasteiger partial charge in [-0.25, -0.2) is 0 Å². The molecule has 0 saturated heterocycles. The maximum Gasteiger partial charge on any atom is 0.321 e. The van der Waals surface area contributed by atoms with Gasteiger partial charge in [-0.15, -0.1) is 0 Å². The normalized spacial score (nSPS) is 13.8. The molecule has 1 aromatic rings. The van der Waals surface area contributed by atoms with Crippen molar-refractivity contribution in [1.29, 1.82) is 0 Å². The van der Waals surface area contributed by atoms with Gasteiger partial charge in [-0.3, -0.25) is 19.2 Å². The highest BCUT2D eigenvalue weighted by molar-refractivity contribution is 6.34. The van der Waals surface area contributed by atoms with Gasteiger partial charge in [-0.05, 0) is 31.5 Å². The fourth-order valence-corrected chi connectivity index (χ4v) is 3.17. The number of ether oxygens (including phenoxy) is 2. The minimum atomic E-state index is -1.37. The minimum absolute atomic E-state index is 0.0775. The first-order chi connectivity index (χ1) is 12.3. The Labute approximate surface area is 156 Å². The molecule has 1 N–H and O–H groups in total. The van der Waals surface area contributed by atoms with Crippen LogP contribution in [0.1, 0.15) is 47.1 Å². The van der Waals surface area contributed by atoms with Crippen LogP contribution >= 0.6 is 11.6 Å². The van der Waals surface area contributed by atoms with Crippen molar-refractivity contribution in [2.75, 3.05) is 13.2 Å². The Morgan fingerprint density at radius 3 is 2.27 bits per heavy atom. The van der Waals surface area contributed by atoms with Crippen LogP contribution in [0.15, 0.2) is 12.1 Å². The lowest BCUT2D eigenvalue weighted by Crippen LogP contribution is -2.37. The molecule has 0 bridgehead atoms. The highest BCUT2D eigenvalue weighted by Crippen LogP contribution is 2.29. The Kier molecular flexibility index (Phi) is 6.37. The number of carbonyl (C=O) groups excluding carboxylic acids is 4. The van der Waals surface area contributed by atoms with Crippen molar-refractivity contribution in [3.05, 3.63) is 33.8 Å². The predicted octanol–water partition coefficient (Wildman–Crippen LogP) is 2.14. The van der Waals surface area contributed by atoms with E-state index < -0.39 is 29.6 Å². The summed E-state index contributed by atoms with van der Waals surface area (Å²) in [6, 6.07) is 2.92. The molecule has 1 aromatic carbocycles. The molecule has 8 heteroatoms. The van der Waals surface area contributed by atoms with Gasteiger partial charge in [0.25, 0.3) is 5.91 Å². The van der Waals surface area contributed by atoms with Crippen LogP contribution in [-0.4, -0.2) is 36.8 Å².